The second-order valence-corrected chi connectivity index (χ2v) is 5.18. The fourth-order valence-corrected chi connectivity index (χ4v) is 2.03. The molecule has 0 bridgehead atoms. The lowest BCUT2D eigenvalue weighted by Gasteiger charge is -2.07. The van der Waals surface area contributed by atoms with Gasteiger partial charge < -0.3 is 4.74 Å². The Morgan fingerprint density at radius 3 is 2.68 bits per heavy atom. The third kappa shape index (κ3) is 4.72. The molecule has 114 valence electrons. The van der Waals surface area contributed by atoms with Gasteiger partial charge in [-0.2, -0.15) is 5.10 Å². The maximum absolute atomic E-state index is 11.7. The number of benzene rings is 1. The van der Waals surface area contributed by atoms with Gasteiger partial charge in [0.2, 0.25) is 0 Å². The van der Waals surface area contributed by atoms with E-state index in [0.717, 1.165) is 5.56 Å². The lowest BCUT2D eigenvalue weighted by atomic mass is 10.2. The summed E-state index contributed by atoms with van der Waals surface area (Å²) in [5.74, 6) is -0.00419. The second kappa shape index (κ2) is 7.77. The lowest BCUT2D eigenvalue weighted by Crippen LogP contribution is -2.25. The van der Waals surface area contributed by atoms with Crippen molar-refractivity contribution in [2.24, 2.45) is 5.10 Å². The van der Waals surface area contributed by atoms with Crippen molar-refractivity contribution in [1.29, 1.82) is 0 Å². The summed E-state index contributed by atoms with van der Waals surface area (Å²) < 4.78 is 5.31. The number of carbonyl (C=O) groups is 1. The molecule has 1 aromatic heterocycles. The monoisotopic (exact) mass is 337 g/mol. The van der Waals surface area contributed by atoms with Gasteiger partial charge >= 0.3 is 0 Å². The summed E-state index contributed by atoms with van der Waals surface area (Å²) in [4.78, 5) is 15.6. The third-order valence-electron chi connectivity index (χ3n) is 2.70. The zero-order valence-electron chi connectivity index (χ0n) is 11.7. The van der Waals surface area contributed by atoms with E-state index in [1.807, 2.05) is 0 Å². The number of hydrogen-bond donors (Lipinski definition) is 1. The maximum Gasteiger partial charge on any atom is 0.277 e. The molecule has 7 heteroatoms. The third-order valence-corrected chi connectivity index (χ3v) is 3.23. The van der Waals surface area contributed by atoms with E-state index in [1.165, 1.54) is 0 Å². The van der Waals surface area contributed by atoms with Crippen LogP contribution in [-0.4, -0.2) is 23.2 Å². The fraction of sp³-hybridized carbons (Fsp3) is 0.133. The van der Waals surface area contributed by atoms with Gasteiger partial charge in [0, 0.05) is 23.0 Å². The predicted molar refractivity (Wildman–Crippen MR) is 86.5 cm³/mol. The van der Waals surface area contributed by atoms with E-state index in [9.17, 15) is 4.79 Å². The summed E-state index contributed by atoms with van der Waals surface area (Å²) in [6, 6.07) is 8.38. The first-order valence-corrected chi connectivity index (χ1v) is 7.13. The van der Waals surface area contributed by atoms with Crippen molar-refractivity contribution in [3.8, 4) is 5.75 Å². The van der Waals surface area contributed by atoms with Crippen LogP contribution >= 0.6 is 23.2 Å². The number of halogens is 2. The molecule has 2 rings (SSSR count). The standard InChI is InChI=1S/C15H13Cl2N3O2/c1-10(11-4-6-18-7-5-11)19-20-15(21)9-22-14-3-2-12(16)8-13(14)17/h2-8H,9H2,1H3,(H,20,21)/b19-10-. The Labute approximate surface area is 137 Å². The number of aromatic nitrogens is 1. The molecule has 22 heavy (non-hydrogen) atoms. The smallest absolute Gasteiger partial charge is 0.277 e. The average molecular weight is 338 g/mol. The van der Waals surface area contributed by atoms with E-state index >= 15 is 0 Å². The number of carbonyl (C=O) groups excluding carboxylic acids is 1. The zero-order chi connectivity index (χ0) is 15.9. The zero-order valence-corrected chi connectivity index (χ0v) is 13.2. The summed E-state index contributed by atoms with van der Waals surface area (Å²) in [6.07, 6.45) is 3.31. The molecule has 2 aromatic rings. The van der Waals surface area contributed by atoms with Crippen LogP contribution in [0.25, 0.3) is 0 Å². The second-order valence-electron chi connectivity index (χ2n) is 4.33. The largest absolute Gasteiger partial charge is 0.482 e. The Morgan fingerprint density at radius 1 is 1.27 bits per heavy atom. The SMILES string of the molecule is C/C(=N/NC(=O)COc1ccc(Cl)cc1Cl)c1ccncc1. The molecular weight excluding hydrogens is 325 g/mol. The fourth-order valence-electron chi connectivity index (χ4n) is 1.57. The Morgan fingerprint density at radius 2 is 2.00 bits per heavy atom. The molecule has 0 fully saturated rings. The van der Waals surface area contributed by atoms with Crippen molar-refractivity contribution in [2.45, 2.75) is 6.92 Å². The molecule has 1 aromatic carbocycles. The van der Waals surface area contributed by atoms with Crippen LogP contribution in [0.15, 0.2) is 47.8 Å². The average Bonchev–Trinajstić information content (AvgIpc) is 2.52. The van der Waals surface area contributed by atoms with Gasteiger partial charge in [-0.3, -0.25) is 9.78 Å². The molecule has 0 unspecified atom stereocenters. The van der Waals surface area contributed by atoms with Gasteiger partial charge in [0.25, 0.3) is 5.91 Å². The van der Waals surface area contributed by atoms with E-state index < -0.39 is 0 Å². The molecule has 0 spiro atoms. The topological polar surface area (TPSA) is 63.6 Å². The first-order valence-electron chi connectivity index (χ1n) is 6.37. The van der Waals surface area contributed by atoms with Gasteiger partial charge in [-0.05, 0) is 37.3 Å². The minimum atomic E-state index is -0.389. The number of amides is 1. The molecule has 0 aliphatic heterocycles. The number of ether oxygens (including phenoxy) is 1. The number of pyridine rings is 1. The molecule has 0 radical (unpaired) electrons. The summed E-state index contributed by atoms with van der Waals surface area (Å²) in [7, 11) is 0. The Hall–Kier alpha value is -2.11. The van der Waals surface area contributed by atoms with Crippen LogP contribution in [0.4, 0.5) is 0 Å². The molecule has 0 saturated heterocycles. The number of hydrazone groups is 1. The predicted octanol–water partition coefficient (Wildman–Crippen LogP) is 3.31. The molecule has 0 saturated carbocycles. The molecule has 1 amide bonds. The van der Waals surface area contributed by atoms with Crippen LogP contribution in [0.1, 0.15) is 12.5 Å². The number of hydrogen-bond acceptors (Lipinski definition) is 4. The highest BCUT2D eigenvalue weighted by atomic mass is 35.5. The summed E-state index contributed by atoms with van der Waals surface area (Å²) in [5, 5.41) is 4.84. The molecule has 0 aliphatic rings. The molecule has 0 atom stereocenters. The first-order chi connectivity index (χ1) is 10.6. The van der Waals surface area contributed by atoms with Crippen LogP contribution in [0.5, 0.6) is 5.75 Å². The quantitative estimate of drug-likeness (QED) is 0.672. The van der Waals surface area contributed by atoms with E-state index in [4.69, 9.17) is 27.9 Å². The Balaban J connectivity index is 1.88. The van der Waals surface area contributed by atoms with Crippen LogP contribution in [0, 0.1) is 0 Å². The van der Waals surface area contributed by atoms with Gasteiger partial charge in [-0.25, -0.2) is 5.43 Å². The highest BCUT2D eigenvalue weighted by molar-refractivity contribution is 6.35. The van der Waals surface area contributed by atoms with Crippen LogP contribution in [0.2, 0.25) is 10.0 Å². The van der Waals surface area contributed by atoms with Crippen LogP contribution in [0.3, 0.4) is 0 Å². The Bertz CT molecular complexity index is 690. The number of nitrogens with zero attached hydrogens (tertiary/aromatic N) is 2. The minimum Gasteiger partial charge on any atom is -0.482 e. The van der Waals surface area contributed by atoms with Gasteiger partial charge in [-0.15, -0.1) is 0 Å². The lowest BCUT2D eigenvalue weighted by molar-refractivity contribution is -0.123. The normalized spacial score (nSPS) is 11.1. The van der Waals surface area contributed by atoms with Gasteiger partial charge in [0.1, 0.15) is 5.75 Å². The minimum absolute atomic E-state index is 0.200. The van der Waals surface area contributed by atoms with Crippen LogP contribution < -0.4 is 10.2 Å². The van der Waals surface area contributed by atoms with Crippen molar-refractivity contribution < 1.29 is 9.53 Å². The number of rotatable bonds is 5. The maximum atomic E-state index is 11.7. The van der Waals surface area contributed by atoms with Gasteiger partial charge in [0.15, 0.2) is 6.61 Å². The van der Waals surface area contributed by atoms with Gasteiger partial charge in [-0.1, -0.05) is 23.2 Å². The first kappa shape index (κ1) is 16.3. The molecule has 5 nitrogen and oxygen atoms in total. The van der Waals surface area contributed by atoms with Crippen molar-refractivity contribution in [1.82, 2.24) is 10.4 Å². The number of nitrogens with one attached hydrogen (secondary N) is 1. The van der Waals surface area contributed by atoms with Gasteiger partial charge in [0.05, 0.1) is 10.7 Å². The summed E-state index contributed by atoms with van der Waals surface area (Å²) in [5.41, 5.74) is 3.96. The van der Waals surface area contributed by atoms with E-state index in [0.29, 0.717) is 21.5 Å². The van der Waals surface area contributed by atoms with E-state index in [-0.39, 0.29) is 12.5 Å². The highest BCUT2D eigenvalue weighted by Gasteiger charge is 2.06. The van der Waals surface area contributed by atoms with Crippen molar-refractivity contribution in [3.05, 3.63) is 58.3 Å². The van der Waals surface area contributed by atoms with Crippen LogP contribution in [-0.2, 0) is 4.79 Å². The highest BCUT2D eigenvalue weighted by Crippen LogP contribution is 2.27. The molecular formula is C15H13Cl2N3O2. The van der Waals surface area contributed by atoms with E-state index in [2.05, 4.69) is 15.5 Å². The van der Waals surface area contributed by atoms with Crippen molar-refractivity contribution in [2.75, 3.05) is 6.61 Å². The molecule has 1 heterocycles. The van der Waals surface area contributed by atoms with Crippen molar-refractivity contribution in [3.63, 3.8) is 0 Å². The molecule has 1 N–H and O–H groups in total. The molecule has 0 aliphatic carbocycles. The summed E-state index contributed by atoms with van der Waals surface area (Å²) >= 11 is 11.7. The summed E-state index contributed by atoms with van der Waals surface area (Å²) in [6.45, 7) is 1.58. The van der Waals surface area contributed by atoms with E-state index in [1.54, 1.807) is 49.6 Å². The van der Waals surface area contributed by atoms with Crippen molar-refractivity contribution >= 4 is 34.8 Å². The Kier molecular flexibility index (Phi) is 5.75.